The number of ether oxygens (including phenoxy) is 2. The van der Waals surface area contributed by atoms with Crippen molar-refractivity contribution in [3.63, 3.8) is 0 Å². The molecule has 1 aliphatic heterocycles. The first-order valence-corrected chi connectivity index (χ1v) is 19.5. The molecule has 2 unspecified atom stereocenters. The summed E-state index contributed by atoms with van der Waals surface area (Å²) in [5.74, 6) is 1.39. The molecule has 4 heterocycles. The van der Waals surface area contributed by atoms with Crippen LogP contribution in [0.1, 0.15) is 75.5 Å². The van der Waals surface area contributed by atoms with Crippen LogP contribution in [0.3, 0.4) is 0 Å². The zero-order valence-corrected chi connectivity index (χ0v) is 31.9. The molecule has 5 aromatic rings. The maximum absolute atomic E-state index is 14.0. The molecular weight excluding hydrogens is 715 g/mol. The first-order valence-electron chi connectivity index (χ1n) is 19.5. The molecule has 1 saturated heterocycles. The third-order valence-corrected chi connectivity index (χ3v) is 10.9. The van der Waals surface area contributed by atoms with E-state index in [4.69, 9.17) is 14.7 Å². The molecule has 1 aliphatic carbocycles. The van der Waals surface area contributed by atoms with Gasteiger partial charge in [0, 0.05) is 42.2 Å². The Bertz CT molecular complexity index is 2190. The van der Waals surface area contributed by atoms with E-state index in [1.165, 1.54) is 14.2 Å². The van der Waals surface area contributed by atoms with Crippen LogP contribution in [0.25, 0.3) is 44.3 Å². The van der Waals surface area contributed by atoms with Gasteiger partial charge < -0.3 is 40.3 Å². The number of likely N-dealkylation sites (tertiary alicyclic amines) is 1. The van der Waals surface area contributed by atoms with Crippen molar-refractivity contribution in [1.29, 1.82) is 0 Å². The molecule has 3 aromatic heterocycles. The highest BCUT2D eigenvalue weighted by molar-refractivity contribution is 5.90. The van der Waals surface area contributed by atoms with Crippen molar-refractivity contribution in [1.82, 2.24) is 45.8 Å². The topological polar surface area (TPSA) is 196 Å². The summed E-state index contributed by atoms with van der Waals surface area (Å²) in [6, 6.07) is 13.6. The van der Waals surface area contributed by atoms with Gasteiger partial charge in [-0.15, -0.1) is 0 Å². The first-order chi connectivity index (χ1) is 27.3. The molecule has 294 valence electrons. The zero-order valence-electron chi connectivity index (χ0n) is 31.9. The fourth-order valence-electron chi connectivity index (χ4n) is 7.91. The number of alkyl carbamates (subject to hydrolysis) is 2. The number of nitrogens with zero attached hydrogens (tertiary/aromatic N) is 4. The molecular formula is C41H49N9O6. The van der Waals surface area contributed by atoms with Gasteiger partial charge in [-0.05, 0) is 74.1 Å². The average molecular weight is 764 g/mol. The van der Waals surface area contributed by atoms with Gasteiger partial charge in [-0.1, -0.05) is 37.5 Å². The molecule has 1 saturated carbocycles. The lowest BCUT2D eigenvalue weighted by molar-refractivity contribution is -0.136. The van der Waals surface area contributed by atoms with E-state index in [1.807, 2.05) is 29.4 Å². The minimum Gasteiger partial charge on any atom is -0.453 e. The van der Waals surface area contributed by atoms with Crippen LogP contribution in [-0.2, 0) is 25.5 Å². The van der Waals surface area contributed by atoms with Crippen LogP contribution in [-0.4, -0.2) is 93.7 Å². The number of amides is 4. The maximum atomic E-state index is 14.0. The smallest absolute Gasteiger partial charge is 0.407 e. The predicted molar refractivity (Wildman–Crippen MR) is 210 cm³/mol. The summed E-state index contributed by atoms with van der Waals surface area (Å²) in [6.07, 6.45) is 11.6. The number of nitrogens with one attached hydrogen (secondary N) is 5. The summed E-state index contributed by atoms with van der Waals surface area (Å²) >= 11 is 0. The second kappa shape index (κ2) is 17.6. The molecule has 15 nitrogen and oxygen atoms in total. The van der Waals surface area contributed by atoms with Crippen molar-refractivity contribution < 1.29 is 28.7 Å². The van der Waals surface area contributed by atoms with E-state index in [0.29, 0.717) is 13.1 Å². The van der Waals surface area contributed by atoms with Crippen LogP contribution in [0.2, 0.25) is 0 Å². The Labute approximate surface area is 324 Å². The van der Waals surface area contributed by atoms with Gasteiger partial charge in [0.25, 0.3) is 0 Å². The summed E-state index contributed by atoms with van der Waals surface area (Å²) < 4.78 is 9.36. The van der Waals surface area contributed by atoms with Gasteiger partial charge >= 0.3 is 12.2 Å². The number of rotatable bonds is 13. The number of H-pyrrole nitrogens is 2. The lowest BCUT2D eigenvalue weighted by Crippen LogP contribution is -2.52. The van der Waals surface area contributed by atoms with Crippen LogP contribution < -0.4 is 16.0 Å². The number of aryl methyl sites for hydroxylation is 1. The largest absolute Gasteiger partial charge is 0.453 e. The third-order valence-electron chi connectivity index (χ3n) is 10.9. The van der Waals surface area contributed by atoms with Crippen molar-refractivity contribution in [2.45, 2.75) is 76.3 Å². The molecule has 56 heavy (non-hydrogen) atoms. The normalized spacial score (nSPS) is 16.5. The van der Waals surface area contributed by atoms with Gasteiger partial charge in [0.1, 0.15) is 17.7 Å². The number of aromatic nitrogens is 5. The summed E-state index contributed by atoms with van der Waals surface area (Å²) in [5, 5.41) is 10.1. The van der Waals surface area contributed by atoms with E-state index < -0.39 is 18.2 Å². The third kappa shape index (κ3) is 8.93. The van der Waals surface area contributed by atoms with Gasteiger partial charge in [-0.3, -0.25) is 14.6 Å². The highest BCUT2D eigenvalue weighted by atomic mass is 16.5. The number of carbonyl (C=O) groups is 4. The Balaban J connectivity index is 0.986. The molecule has 5 N–H and O–H groups in total. The number of fused-ring (bicyclic) bond motifs is 2. The van der Waals surface area contributed by atoms with Gasteiger partial charge in [0.2, 0.25) is 11.8 Å². The van der Waals surface area contributed by atoms with Crippen LogP contribution in [0.4, 0.5) is 9.59 Å². The molecule has 2 aliphatic rings. The van der Waals surface area contributed by atoms with Crippen LogP contribution in [0.15, 0.2) is 54.9 Å². The van der Waals surface area contributed by atoms with Gasteiger partial charge in [-0.2, -0.15) is 0 Å². The Morgan fingerprint density at radius 3 is 2.48 bits per heavy atom. The Hall–Kier alpha value is -5.99. The predicted octanol–water partition coefficient (Wildman–Crippen LogP) is 5.93. The van der Waals surface area contributed by atoms with Crippen molar-refractivity contribution in [2.24, 2.45) is 5.92 Å². The molecule has 2 fully saturated rings. The van der Waals surface area contributed by atoms with E-state index in [9.17, 15) is 19.2 Å². The minimum absolute atomic E-state index is 0.0638. The molecule has 7 rings (SSSR count). The summed E-state index contributed by atoms with van der Waals surface area (Å²) in [5.41, 5.74) is 5.41. The number of methoxy groups -OCH3 is 2. The average Bonchev–Trinajstić information content (AvgIpc) is 4.01. The highest BCUT2D eigenvalue weighted by Gasteiger charge is 2.40. The number of benzene rings is 2. The van der Waals surface area contributed by atoms with Gasteiger partial charge in [0.15, 0.2) is 0 Å². The fourth-order valence-corrected chi connectivity index (χ4v) is 7.91. The number of aromatic amines is 2. The van der Waals surface area contributed by atoms with Crippen LogP contribution in [0, 0.1) is 5.92 Å². The number of carbonyl (C=O) groups excluding carboxylic acids is 4. The van der Waals surface area contributed by atoms with Crippen LogP contribution >= 0.6 is 0 Å². The molecule has 0 bridgehead atoms. The summed E-state index contributed by atoms with van der Waals surface area (Å²) in [7, 11) is 2.58. The zero-order chi connectivity index (χ0) is 39.0. The quantitative estimate of drug-likeness (QED) is 0.0903. The fraction of sp³-hybridized carbons (Fsp3) is 0.439. The molecule has 0 spiro atoms. The molecule has 2 aromatic carbocycles. The van der Waals surface area contributed by atoms with Gasteiger partial charge in [-0.25, -0.2) is 19.6 Å². The molecule has 0 radical (unpaired) electrons. The van der Waals surface area contributed by atoms with E-state index in [2.05, 4.69) is 66.0 Å². The highest BCUT2D eigenvalue weighted by Crippen LogP contribution is 2.36. The number of imidazole rings is 2. The number of hydrogen-bond acceptors (Lipinski definition) is 9. The Morgan fingerprint density at radius 2 is 1.66 bits per heavy atom. The van der Waals surface area contributed by atoms with Crippen molar-refractivity contribution in [2.75, 3.05) is 33.9 Å². The Morgan fingerprint density at radius 1 is 0.839 bits per heavy atom. The number of hydrogen-bond donors (Lipinski definition) is 5. The SMILES string of the molecule is COC(=O)NCC(=O)NCCCCc1ncc(-c2ccc3cc(-c4ccc5nc(C6CCCN6C(=O)C(NC(=O)OC)C6CCCCC6)[nH]c5c4)ncc3c2)[nH]1. The molecule has 4 amide bonds. The van der Waals surface area contributed by atoms with Crippen molar-refractivity contribution in [3.05, 3.63) is 66.5 Å². The van der Waals surface area contributed by atoms with E-state index in [0.717, 1.165) is 120 Å². The lowest BCUT2D eigenvalue weighted by atomic mass is 9.83. The minimum atomic E-state index is -0.639. The van der Waals surface area contributed by atoms with Crippen molar-refractivity contribution >= 4 is 45.8 Å². The first kappa shape index (κ1) is 38.3. The number of unbranched alkanes of at least 4 members (excludes halogenated alkanes) is 1. The maximum Gasteiger partial charge on any atom is 0.407 e. The summed E-state index contributed by atoms with van der Waals surface area (Å²) in [4.78, 5) is 72.3. The van der Waals surface area contributed by atoms with E-state index in [-0.39, 0.29) is 30.3 Å². The molecule has 15 heteroatoms. The lowest BCUT2D eigenvalue weighted by Gasteiger charge is -2.34. The second-order valence-electron chi connectivity index (χ2n) is 14.6. The second-order valence-corrected chi connectivity index (χ2v) is 14.6. The summed E-state index contributed by atoms with van der Waals surface area (Å²) in [6.45, 7) is 1.00. The van der Waals surface area contributed by atoms with Crippen LogP contribution in [0.5, 0.6) is 0 Å². The standard InChI is InChI=1S/C41H49N9O6/c1-55-40(53)45-24-36(51)42-17-7-6-12-35-44-23-33(46-35)27-14-13-26-20-31(43-22-29(26)19-27)28-15-16-30-32(21-28)48-38(47-30)34-11-8-18-50(34)39(52)37(49-41(54)56-2)25-9-4-3-5-10-25/h13-16,19-23,25,34,37H,3-12,17-18,24H2,1-2H3,(H,42,51)(H,44,46)(H,45,53)(H,47,48)(H,49,54). The van der Waals surface area contributed by atoms with Gasteiger partial charge in [0.05, 0.1) is 55.4 Å². The number of pyridine rings is 1. The van der Waals surface area contributed by atoms with E-state index in [1.54, 1.807) is 0 Å². The molecule has 2 atom stereocenters. The monoisotopic (exact) mass is 763 g/mol. The van der Waals surface area contributed by atoms with E-state index >= 15 is 0 Å². The van der Waals surface area contributed by atoms with Crippen molar-refractivity contribution in [3.8, 4) is 22.5 Å². The Kier molecular flexibility index (Phi) is 12.1.